The van der Waals surface area contributed by atoms with Gasteiger partial charge < -0.3 is 0 Å². The molecule has 0 N–H and O–H groups in total. The molecule has 0 aliphatic carbocycles. The largest absolute Gasteiger partial charge is 0.284 e. The molecule has 3 rings (SSSR count). The molecule has 6 heteroatoms. The Morgan fingerprint density at radius 3 is 2.59 bits per heavy atom. The van der Waals surface area contributed by atoms with Crippen LogP contribution in [-0.4, -0.2) is 27.4 Å². The van der Waals surface area contributed by atoms with Crippen molar-refractivity contribution in [1.82, 2.24) is 4.90 Å². The Balaban J connectivity index is 1.81. The fraction of sp³-hybridized carbons (Fsp3) is 0.286. The number of amides is 1. The van der Waals surface area contributed by atoms with E-state index in [0.29, 0.717) is 11.7 Å². The van der Waals surface area contributed by atoms with E-state index in [4.69, 9.17) is 0 Å². The van der Waals surface area contributed by atoms with Crippen molar-refractivity contribution in [3.05, 3.63) is 70.5 Å². The Morgan fingerprint density at radius 2 is 1.93 bits per heavy atom. The number of carbonyl (C=O) groups excluding carboxylic acids is 1. The summed E-state index contributed by atoms with van der Waals surface area (Å²) in [5, 5.41) is 8.95. The van der Waals surface area contributed by atoms with Crippen molar-refractivity contribution in [1.29, 1.82) is 0 Å². The van der Waals surface area contributed by atoms with E-state index in [0.717, 1.165) is 23.1 Å². The van der Waals surface area contributed by atoms with Crippen molar-refractivity contribution in [2.45, 2.75) is 39.0 Å². The van der Waals surface area contributed by atoms with E-state index in [1.54, 1.807) is 23.2 Å². The predicted molar refractivity (Wildman–Crippen MR) is 110 cm³/mol. The van der Waals surface area contributed by atoms with Gasteiger partial charge in [-0.3, -0.25) is 9.69 Å². The third kappa shape index (κ3) is 4.63. The van der Waals surface area contributed by atoms with Crippen molar-refractivity contribution in [3.8, 4) is 0 Å². The molecule has 1 heterocycles. The van der Waals surface area contributed by atoms with Gasteiger partial charge in [0.1, 0.15) is 5.82 Å². The van der Waals surface area contributed by atoms with Gasteiger partial charge in [-0.1, -0.05) is 54.6 Å². The topological polar surface area (TPSA) is 45.0 Å². The van der Waals surface area contributed by atoms with E-state index in [1.807, 2.05) is 32.9 Å². The summed E-state index contributed by atoms with van der Waals surface area (Å²) < 4.78 is 13.1. The van der Waals surface area contributed by atoms with Gasteiger partial charge in [0.15, 0.2) is 5.17 Å². The third-order valence-corrected chi connectivity index (χ3v) is 5.74. The predicted octanol–water partition coefficient (Wildman–Crippen LogP) is 4.69. The second kappa shape index (κ2) is 8.48. The van der Waals surface area contributed by atoms with Gasteiger partial charge in [0, 0.05) is 0 Å². The molecule has 27 heavy (non-hydrogen) atoms. The Bertz CT molecular complexity index is 893. The van der Waals surface area contributed by atoms with E-state index < -0.39 is 0 Å². The highest BCUT2D eigenvalue weighted by atomic mass is 32.2. The molecule has 1 aliphatic heterocycles. The molecule has 0 radical (unpaired) electrons. The summed E-state index contributed by atoms with van der Waals surface area (Å²) in [4.78, 5) is 14.3. The zero-order valence-electron chi connectivity index (χ0n) is 15.6. The monoisotopic (exact) mass is 383 g/mol. The number of nitrogens with zero attached hydrogens (tertiary/aromatic N) is 3. The molecule has 1 amide bonds. The lowest BCUT2D eigenvalue weighted by atomic mass is 10.1. The van der Waals surface area contributed by atoms with E-state index in [1.165, 1.54) is 29.5 Å². The van der Waals surface area contributed by atoms with Gasteiger partial charge in [0.25, 0.3) is 0 Å². The normalized spacial score (nSPS) is 18.8. The first kappa shape index (κ1) is 19.3. The van der Waals surface area contributed by atoms with Gasteiger partial charge in [-0.15, -0.1) is 5.10 Å². The van der Waals surface area contributed by atoms with Crippen molar-refractivity contribution >= 4 is 29.1 Å². The number of aryl methyl sites for hydroxylation is 2. The van der Waals surface area contributed by atoms with Gasteiger partial charge in [-0.25, -0.2) is 4.39 Å². The molecule has 1 unspecified atom stereocenters. The SMILES string of the molecule is CCC1S/C(=N/N=C/c2ccc(C)cc2C)N(Cc2ccc(F)cc2)C1=O. The molecule has 1 aliphatic rings. The van der Waals surface area contributed by atoms with Crippen LogP contribution in [0.1, 0.15) is 35.6 Å². The van der Waals surface area contributed by atoms with E-state index in [2.05, 4.69) is 16.3 Å². The van der Waals surface area contributed by atoms with Crippen molar-refractivity contribution in [3.63, 3.8) is 0 Å². The summed E-state index contributed by atoms with van der Waals surface area (Å²) in [5.74, 6) is -0.272. The van der Waals surface area contributed by atoms with Crippen molar-refractivity contribution in [2.75, 3.05) is 0 Å². The first-order chi connectivity index (χ1) is 13.0. The lowest BCUT2D eigenvalue weighted by molar-refractivity contribution is -0.126. The maximum Gasteiger partial charge on any atom is 0.242 e. The summed E-state index contributed by atoms with van der Waals surface area (Å²) in [6.45, 7) is 6.42. The van der Waals surface area contributed by atoms with Crippen molar-refractivity contribution < 1.29 is 9.18 Å². The summed E-state index contributed by atoms with van der Waals surface area (Å²) in [7, 11) is 0. The van der Waals surface area contributed by atoms with Crippen LogP contribution in [0.4, 0.5) is 4.39 Å². The highest BCUT2D eigenvalue weighted by molar-refractivity contribution is 8.15. The van der Waals surface area contributed by atoms with Crippen LogP contribution in [0.25, 0.3) is 0 Å². The molecule has 1 saturated heterocycles. The first-order valence-electron chi connectivity index (χ1n) is 8.88. The van der Waals surface area contributed by atoms with Gasteiger partial charge >= 0.3 is 0 Å². The number of amidine groups is 1. The third-order valence-electron chi connectivity index (χ3n) is 4.41. The minimum absolute atomic E-state index is 0.0206. The Hall–Kier alpha value is -2.47. The smallest absolute Gasteiger partial charge is 0.242 e. The average molecular weight is 383 g/mol. The molecule has 2 aromatic rings. The van der Waals surface area contributed by atoms with Gasteiger partial charge in [-0.05, 0) is 49.1 Å². The minimum atomic E-state index is -0.292. The Kier molecular flexibility index (Phi) is 6.06. The quantitative estimate of drug-likeness (QED) is 0.556. The number of benzene rings is 2. The minimum Gasteiger partial charge on any atom is -0.284 e. The number of hydrogen-bond acceptors (Lipinski definition) is 4. The highest BCUT2D eigenvalue weighted by Gasteiger charge is 2.36. The van der Waals surface area contributed by atoms with Crippen LogP contribution in [0.5, 0.6) is 0 Å². The zero-order chi connectivity index (χ0) is 19.4. The maximum atomic E-state index is 13.1. The second-order valence-electron chi connectivity index (χ2n) is 6.55. The number of halogens is 1. The molecule has 0 aromatic heterocycles. The van der Waals surface area contributed by atoms with Gasteiger partial charge in [0.2, 0.25) is 5.91 Å². The van der Waals surface area contributed by atoms with Crippen LogP contribution in [-0.2, 0) is 11.3 Å². The summed E-state index contributed by atoms with van der Waals surface area (Å²) in [5.41, 5.74) is 4.18. The molecule has 1 atom stereocenters. The summed E-state index contributed by atoms with van der Waals surface area (Å²) in [6.07, 6.45) is 2.44. The van der Waals surface area contributed by atoms with E-state index in [9.17, 15) is 9.18 Å². The van der Waals surface area contributed by atoms with Crippen LogP contribution in [0.15, 0.2) is 52.7 Å². The Labute approximate surface area is 163 Å². The molecule has 4 nitrogen and oxygen atoms in total. The molecule has 2 aromatic carbocycles. The van der Waals surface area contributed by atoms with E-state index >= 15 is 0 Å². The average Bonchev–Trinajstić information content (AvgIpc) is 2.94. The standard InChI is InChI=1S/C21H22FN3OS/c1-4-19-20(26)25(13-16-6-9-18(22)10-7-16)21(27-19)24-23-12-17-8-5-14(2)11-15(17)3/h5-12,19H,4,13H2,1-3H3/b23-12+,24-21+. The fourth-order valence-electron chi connectivity index (χ4n) is 2.87. The lowest BCUT2D eigenvalue weighted by Crippen LogP contribution is -2.31. The van der Waals surface area contributed by atoms with E-state index in [-0.39, 0.29) is 17.0 Å². The molecular weight excluding hydrogens is 361 g/mol. The Morgan fingerprint density at radius 1 is 1.19 bits per heavy atom. The maximum absolute atomic E-state index is 13.1. The molecule has 0 saturated carbocycles. The molecule has 0 bridgehead atoms. The number of thioether (sulfide) groups is 1. The van der Waals surface area contributed by atoms with Gasteiger partial charge in [0.05, 0.1) is 18.0 Å². The first-order valence-corrected chi connectivity index (χ1v) is 9.76. The van der Waals surface area contributed by atoms with Crippen molar-refractivity contribution in [2.24, 2.45) is 10.2 Å². The summed E-state index contributed by atoms with van der Waals surface area (Å²) >= 11 is 1.43. The molecular formula is C21H22FN3OS. The van der Waals surface area contributed by atoms with Crippen LogP contribution >= 0.6 is 11.8 Å². The molecule has 1 fully saturated rings. The number of carbonyl (C=O) groups is 1. The number of rotatable bonds is 5. The van der Waals surface area contributed by atoms with Crippen LogP contribution in [0.2, 0.25) is 0 Å². The van der Waals surface area contributed by atoms with Crippen LogP contribution < -0.4 is 0 Å². The fourth-order valence-corrected chi connectivity index (χ4v) is 3.90. The van der Waals surface area contributed by atoms with Gasteiger partial charge in [-0.2, -0.15) is 5.10 Å². The zero-order valence-corrected chi connectivity index (χ0v) is 16.5. The number of hydrogen-bond donors (Lipinski definition) is 0. The second-order valence-corrected chi connectivity index (χ2v) is 7.72. The molecule has 140 valence electrons. The molecule has 0 spiro atoms. The highest BCUT2D eigenvalue weighted by Crippen LogP contribution is 2.30. The van der Waals surface area contributed by atoms with Crippen LogP contribution in [0.3, 0.4) is 0 Å². The summed E-state index contributed by atoms with van der Waals surface area (Å²) in [6, 6.07) is 12.3. The lowest BCUT2D eigenvalue weighted by Gasteiger charge is -2.15. The van der Waals surface area contributed by atoms with Crippen LogP contribution in [0, 0.1) is 19.7 Å².